The van der Waals surface area contributed by atoms with Crippen LogP contribution in [0.3, 0.4) is 0 Å². The maximum absolute atomic E-state index is 14.1. The third kappa shape index (κ3) is 10.6. The van der Waals surface area contributed by atoms with Gasteiger partial charge in [0, 0.05) is 22.9 Å². The first-order valence-corrected chi connectivity index (χ1v) is 18.0. The fourth-order valence-electron chi connectivity index (χ4n) is 5.27. The van der Waals surface area contributed by atoms with Crippen LogP contribution in [-0.4, -0.2) is 147 Å². The molecule has 0 spiro atoms. The maximum Gasteiger partial charge on any atom is 0.262 e. The number of hydrogen-bond acceptors (Lipinski definition) is 14. The molecule has 2 aliphatic rings. The van der Waals surface area contributed by atoms with Crippen molar-refractivity contribution in [3.8, 4) is 0 Å². The third-order valence-electron chi connectivity index (χ3n) is 7.70. The van der Waals surface area contributed by atoms with E-state index in [0.717, 1.165) is 9.80 Å². The van der Waals surface area contributed by atoms with Gasteiger partial charge in [-0.1, -0.05) is 22.4 Å². The second-order valence-corrected chi connectivity index (χ2v) is 12.9. The number of carbonyl (C=O) groups excluding carboxylic acids is 4. The molecule has 2 aromatic carbocycles. The largest absolute Gasteiger partial charge is 0.379 e. The van der Waals surface area contributed by atoms with Gasteiger partial charge in [-0.3, -0.25) is 29.0 Å². The van der Waals surface area contributed by atoms with Crippen LogP contribution in [0.2, 0.25) is 0 Å². The zero-order chi connectivity index (χ0) is 38.1. The summed E-state index contributed by atoms with van der Waals surface area (Å²) in [7, 11) is -4.60. The number of sulfone groups is 1. The number of rotatable bonds is 26. The van der Waals surface area contributed by atoms with Crippen LogP contribution in [0.4, 0.5) is 0 Å². The molecule has 0 atom stereocenters. The summed E-state index contributed by atoms with van der Waals surface area (Å²) in [5, 5.41) is 6.69. The van der Waals surface area contributed by atoms with Crippen LogP contribution in [0, 0.1) is 0 Å². The molecule has 0 aliphatic carbocycles. The number of nitrogens with zero attached hydrogens (tertiary/aromatic N) is 8. The Balaban J connectivity index is 1.30. The summed E-state index contributed by atoms with van der Waals surface area (Å²) in [6.07, 6.45) is 0. The molecule has 284 valence electrons. The van der Waals surface area contributed by atoms with E-state index in [1.54, 1.807) is 0 Å². The van der Waals surface area contributed by atoms with Crippen molar-refractivity contribution < 1.29 is 56.0 Å². The highest BCUT2D eigenvalue weighted by Crippen LogP contribution is 2.36. The van der Waals surface area contributed by atoms with E-state index in [9.17, 15) is 27.6 Å². The minimum Gasteiger partial charge on any atom is -0.379 e. The van der Waals surface area contributed by atoms with Crippen LogP contribution in [0.1, 0.15) is 41.4 Å². The Hall–Kier alpha value is -4.95. The summed E-state index contributed by atoms with van der Waals surface area (Å²) in [5.41, 5.74) is 15.6. The van der Waals surface area contributed by atoms with Crippen molar-refractivity contribution >= 4 is 33.5 Å². The lowest BCUT2D eigenvalue weighted by Crippen LogP contribution is -2.33. The molecule has 21 heteroatoms. The van der Waals surface area contributed by atoms with Gasteiger partial charge in [0.1, 0.15) is 0 Å². The van der Waals surface area contributed by atoms with Crippen molar-refractivity contribution in [3.05, 3.63) is 79.5 Å². The number of fused-ring (bicyclic) bond motifs is 2. The number of carbonyl (C=O) groups is 4. The molecule has 2 aromatic rings. The second kappa shape index (κ2) is 20.9. The van der Waals surface area contributed by atoms with E-state index in [-0.39, 0.29) is 115 Å². The van der Waals surface area contributed by atoms with E-state index in [0.29, 0.717) is 13.2 Å². The summed E-state index contributed by atoms with van der Waals surface area (Å²) >= 11 is 0. The molecule has 0 saturated carbocycles. The highest BCUT2D eigenvalue weighted by atomic mass is 32.2. The van der Waals surface area contributed by atoms with Gasteiger partial charge in [-0.2, -0.15) is 0 Å². The van der Waals surface area contributed by atoms with E-state index in [2.05, 4.69) is 20.1 Å². The van der Waals surface area contributed by atoms with Gasteiger partial charge in [0.25, 0.3) is 23.6 Å². The van der Waals surface area contributed by atoms with E-state index >= 15 is 0 Å². The van der Waals surface area contributed by atoms with Crippen LogP contribution in [0.5, 0.6) is 0 Å². The fourth-order valence-corrected chi connectivity index (χ4v) is 6.96. The Morgan fingerprint density at radius 1 is 0.509 bits per heavy atom. The van der Waals surface area contributed by atoms with Crippen LogP contribution in [-0.2, 0) is 38.3 Å². The van der Waals surface area contributed by atoms with E-state index in [4.69, 9.17) is 39.5 Å². The minimum absolute atomic E-state index is 0.0365. The lowest BCUT2D eigenvalue weighted by molar-refractivity contribution is 0.0123. The summed E-state index contributed by atoms with van der Waals surface area (Å²) in [6.45, 7) is 2.50. The van der Waals surface area contributed by atoms with Gasteiger partial charge in [0.2, 0.25) is 9.84 Å². The molecule has 0 radical (unpaired) electrons. The van der Waals surface area contributed by atoms with Crippen molar-refractivity contribution in [2.75, 3.05) is 105 Å². The molecular formula is C32H38N8O12S. The molecule has 20 nitrogen and oxygen atoms in total. The quantitative estimate of drug-likeness (QED) is 0.0440. The predicted molar refractivity (Wildman–Crippen MR) is 182 cm³/mol. The average molecular weight is 759 g/mol. The first-order valence-electron chi connectivity index (χ1n) is 16.5. The number of hydrogen-bond donors (Lipinski definition) is 0. The van der Waals surface area contributed by atoms with Crippen molar-refractivity contribution in [1.82, 2.24) is 9.80 Å². The van der Waals surface area contributed by atoms with E-state index < -0.39 is 43.3 Å². The van der Waals surface area contributed by atoms with Crippen LogP contribution in [0.15, 0.2) is 56.4 Å². The van der Waals surface area contributed by atoms with Gasteiger partial charge in [0.15, 0.2) is 0 Å². The predicted octanol–water partition coefficient (Wildman–Crippen LogP) is 2.43. The minimum atomic E-state index is -4.60. The molecule has 53 heavy (non-hydrogen) atoms. The second-order valence-electron chi connectivity index (χ2n) is 11.0. The summed E-state index contributed by atoms with van der Waals surface area (Å²) in [5.74, 6) is -3.07. The molecule has 2 aliphatic heterocycles. The molecule has 0 saturated heterocycles. The van der Waals surface area contributed by atoms with Crippen LogP contribution in [0.25, 0.3) is 20.9 Å². The standard InChI is InChI=1S/C32H38N8O12S/c33-37-35-7-11-47-15-19-51-21-17-49-13-9-39-29(41)23-3-1-5-25(27(23)31(39)43)53(45,46)26-6-2-4-24-28(26)32(44)40(30(24)42)10-14-50-18-22-52-20-16-48-12-8-36-38-34/h1-6H,7-22H2. The summed E-state index contributed by atoms with van der Waals surface area (Å²) in [6, 6.07) is 7.71. The molecule has 0 fully saturated rings. The zero-order valence-corrected chi connectivity index (χ0v) is 29.5. The molecule has 0 aromatic heterocycles. The molecule has 4 rings (SSSR count). The number of imide groups is 2. The average Bonchev–Trinajstić information content (AvgIpc) is 3.55. The van der Waals surface area contributed by atoms with Crippen LogP contribution >= 0.6 is 0 Å². The first kappa shape index (κ1) is 40.8. The molecule has 0 bridgehead atoms. The van der Waals surface area contributed by atoms with Crippen molar-refractivity contribution in [2.24, 2.45) is 10.2 Å². The number of azide groups is 2. The Kier molecular flexibility index (Phi) is 16.1. The van der Waals surface area contributed by atoms with Gasteiger partial charge in [0.05, 0.1) is 124 Å². The Bertz CT molecular complexity index is 1720. The molecule has 0 unspecified atom stereocenters. The Morgan fingerprint density at radius 2 is 0.849 bits per heavy atom. The highest BCUT2D eigenvalue weighted by molar-refractivity contribution is 7.91. The van der Waals surface area contributed by atoms with Crippen LogP contribution < -0.4 is 0 Å². The number of benzene rings is 2. The lowest BCUT2D eigenvalue weighted by atomic mass is 10.1. The Labute approximate surface area is 304 Å². The van der Waals surface area contributed by atoms with Gasteiger partial charge < -0.3 is 28.4 Å². The normalized spacial score (nSPS) is 13.7. The van der Waals surface area contributed by atoms with E-state index in [1.807, 2.05) is 0 Å². The number of ether oxygens (including phenoxy) is 6. The van der Waals surface area contributed by atoms with E-state index in [1.165, 1.54) is 36.4 Å². The highest BCUT2D eigenvalue weighted by Gasteiger charge is 2.44. The smallest absolute Gasteiger partial charge is 0.262 e. The van der Waals surface area contributed by atoms with Gasteiger partial charge >= 0.3 is 0 Å². The van der Waals surface area contributed by atoms with Gasteiger partial charge in [-0.05, 0) is 35.3 Å². The Morgan fingerprint density at radius 3 is 1.21 bits per heavy atom. The molecule has 0 N–H and O–H groups in total. The van der Waals surface area contributed by atoms with Crippen molar-refractivity contribution in [3.63, 3.8) is 0 Å². The monoisotopic (exact) mass is 758 g/mol. The topological polar surface area (TPSA) is 262 Å². The third-order valence-corrected chi connectivity index (χ3v) is 9.54. The first-order chi connectivity index (χ1) is 25.8. The summed E-state index contributed by atoms with van der Waals surface area (Å²) < 4.78 is 60.4. The van der Waals surface area contributed by atoms with Gasteiger partial charge in [-0.25, -0.2) is 8.42 Å². The van der Waals surface area contributed by atoms with Crippen molar-refractivity contribution in [1.29, 1.82) is 0 Å². The lowest BCUT2D eigenvalue weighted by Gasteiger charge is -2.15. The molecular weight excluding hydrogens is 720 g/mol. The fraction of sp³-hybridized carbons (Fsp3) is 0.500. The van der Waals surface area contributed by atoms with Crippen molar-refractivity contribution in [2.45, 2.75) is 9.79 Å². The SMILES string of the molecule is [N-]=[N+]=NCCOCCOCCOCCN1C(=O)c2cccc(S(=O)(=O)c3cccc4c3C(=O)N(CCOCCOCCOCCN=[N+]=[N-])C4=O)c2C1=O. The zero-order valence-electron chi connectivity index (χ0n) is 28.7. The van der Waals surface area contributed by atoms with Gasteiger partial charge in [-0.15, -0.1) is 0 Å². The maximum atomic E-state index is 14.1. The number of amides is 4. The molecule has 2 heterocycles. The summed E-state index contributed by atoms with van der Waals surface area (Å²) in [4.78, 5) is 59.4. The molecule has 4 amide bonds.